The maximum Gasteiger partial charge on any atom is 0.226 e. The third-order valence-electron chi connectivity index (χ3n) is 3.97. The SMILES string of the molecule is CCCOc1ccc(CNC(=S)NC(=O)CCc2ccccc2Cl)cc1OC. The van der Waals surface area contributed by atoms with E-state index in [4.69, 9.17) is 33.3 Å². The second-order valence-electron chi connectivity index (χ2n) is 6.16. The summed E-state index contributed by atoms with van der Waals surface area (Å²) in [6.45, 7) is 3.15. The van der Waals surface area contributed by atoms with Gasteiger partial charge >= 0.3 is 0 Å². The van der Waals surface area contributed by atoms with E-state index in [9.17, 15) is 4.79 Å². The first-order valence-electron chi connectivity index (χ1n) is 9.14. The number of ether oxygens (including phenoxy) is 2. The van der Waals surface area contributed by atoms with Crippen LogP contribution in [0.5, 0.6) is 11.5 Å². The largest absolute Gasteiger partial charge is 0.493 e. The molecule has 0 aliphatic heterocycles. The maximum atomic E-state index is 12.1. The van der Waals surface area contributed by atoms with Gasteiger partial charge < -0.3 is 20.1 Å². The van der Waals surface area contributed by atoms with Crippen molar-refractivity contribution in [3.63, 3.8) is 0 Å². The van der Waals surface area contributed by atoms with Gasteiger partial charge in [-0.3, -0.25) is 4.79 Å². The molecular weight excluding hydrogens is 396 g/mol. The van der Waals surface area contributed by atoms with Crippen LogP contribution in [0.1, 0.15) is 30.9 Å². The van der Waals surface area contributed by atoms with E-state index in [1.807, 2.05) is 42.5 Å². The quantitative estimate of drug-likeness (QED) is 0.593. The summed E-state index contributed by atoms with van der Waals surface area (Å²) in [7, 11) is 1.61. The summed E-state index contributed by atoms with van der Waals surface area (Å²) < 4.78 is 11.0. The summed E-state index contributed by atoms with van der Waals surface area (Å²) in [6, 6.07) is 13.2. The van der Waals surface area contributed by atoms with Crippen LogP contribution < -0.4 is 20.1 Å². The van der Waals surface area contributed by atoms with Crippen LogP contribution in [-0.2, 0) is 17.8 Å². The van der Waals surface area contributed by atoms with Crippen LogP contribution in [0.15, 0.2) is 42.5 Å². The van der Waals surface area contributed by atoms with Crippen molar-refractivity contribution in [2.24, 2.45) is 0 Å². The number of thiocarbonyl (C=S) groups is 1. The third-order valence-corrected chi connectivity index (χ3v) is 4.59. The second kappa shape index (κ2) is 11.5. The van der Waals surface area contributed by atoms with E-state index >= 15 is 0 Å². The predicted molar refractivity (Wildman–Crippen MR) is 116 cm³/mol. The van der Waals surface area contributed by atoms with Crippen LogP contribution in [0.2, 0.25) is 5.02 Å². The van der Waals surface area contributed by atoms with Crippen LogP contribution in [0.25, 0.3) is 0 Å². The monoisotopic (exact) mass is 420 g/mol. The van der Waals surface area contributed by atoms with Crippen molar-refractivity contribution in [1.29, 1.82) is 0 Å². The molecule has 0 bridgehead atoms. The summed E-state index contributed by atoms with van der Waals surface area (Å²) in [6.07, 6.45) is 1.80. The summed E-state index contributed by atoms with van der Waals surface area (Å²) in [5, 5.41) is 6.67. The molecule has 0 heterocycles. The second-order valence-corrected chi connectivity index (χ2v) is 6.97. The molecule has 0 radical (unpaired) electrons. The van der Waals surface area contributed by atoms with Crippen LogP contribution >= 0.6 is 23.8 Å². The number of nitrogens with one attached hydrogen (secondary N) is 2. The van der Waals surface area contributed by atoms with Crippen molar-refractivity contribution >= 4 is 34.8 Å². The summed E-state index contributed by atoms with van der Waals surface area (Å²) in [5.41, 5.74) is 1.91. The molecule has 1 amide bonds. The smallest absolute Gasteiger partial charge is 0.226 e. The van der Waals surface area contributed by atoms with Gasteiger partial charge in [-0.15, -0.1) is 0 Å². The van der Waals surface area contributed by atoms with E-state index in [-0.39, 0.29) is 11.0 Å². The van der Waals surface area contributed by atoms with Crippen LogP contribution in [-0.4, -0.2) is 24.7 Å². The van der Waals surface area contributed by atoms with Crippen molar-refractivity contribution < 1.29 is 14.3 Å². The standard InChI is InChI=1S/C21H25ClN2O3S/c1-3-12-27-18-10-8-15(13-19(18)26-2)14-23-21(28)24-20(25)11-9-16-6-4-5-7-17(16)22/h4-8,10,13H,3,9,11-12,14H2,1-2H3,(H2,23,24,25,28). The van der Waals surface area contributed by atoms with Gasteiger partial charge in [0.05, 0.1) is 13.7 Å². The Hall–Kier alpha value is -2.31. The van der Waals surface area contributed by atoms with Crippen molar-refractivity contribution in [3.05, 3.63) is 58.6 Å². The molecule has 0 aliphatic carbocycles. The minimum atomic E-state index is -0.154. The molecule has 7 heteroatoms. The lowest BCUT2D eigenvalue weighted by molar-refractivity contribution is -0.119. The molecule has 150 valence electrons. The third kappa shape index (κ3) is 7.02. The van der Waals surface area contributed by atoms with Gasteiger partial charge in [-0.25, -0.2) is 0 Å². The Bertz CT molecular complexity index is 814. The van der Waals surface area contributed by atoms with Gasteiger partial charge in [-0.2, -0.15) is 0 Å². The van der Waals surface area contributed by atoms with Gasteiger partial charge in [-0.1, -0.05) is 42.8 Å². The number of hydrogen-bond donors (Lipinski definition) is 2. The highest BCUT2D eigenvalue weighted by Crippen LogP contribution is 2.28. The van der Waals surface area contributed by atoms with Crippen molar-refractivity contribution in [2.75, 3.05) is 13.7 Å². The number of aryl methyl sites for hydroxylation is 1. The van der Waals surface area contributed by atoms with Gasteiger partial charge in [-0.05, 0) is 54.4 Å². The lowest BCUT2D eigenvalue weighted by Gasteiger charge is -2.13. The number of benzene rings is 2. The first-order valence-corrected chi connectivity index (χ1v) is 9.93. The molecule has 2 rings (SSSR count). The van der Waals surface area contributed by atoms with E-state index in [1.165, 1.54) is 0 Å². The van der Waals surface area contributed by atoms with Gasteiger partial charge in [0.1, 0.15) is 0 Å². The number of carbonyl (C=O) groups is 1. The summed E-state index contributed by atoms with van der Waals surface area (Å²) in [5.74, 6) is 1.23. The predicted octanol–water partition coefficient (Wildman–Crippen LogP) is 4.26. The zero-order valence-electron chi connectivity index (χ0n) is 16.1. The highest BCUT2D eigenvalue weighted by atomic mass is 35.5. The number of carbonyl (C=O) groups excluding carboxylic acids is 1. The molecule has 0 atom stereocenters. The Labute approximate surface area is 176 Å². The summed E-state index contributed by atoms with van der Waals surface area (Å²) >= 11 is 11.3. The molecular formula is C21H25ClN2O3S. The lowest BCUT2D eigenvalue weighted by atomic mass is 10.1. The summed E-state index contributed by atoms with van der Waals surface area (Å²) in [4.78, 5) is 12.1. The molecule has 2 N–H and O–H groups in total. The minimum absolute atomic E-state index is 0.154. The number of halogens is 1. The Balaban J connectivity index is 1.80. The molecule has 2 aromatic carbocycles. The Morgan fingerprint density at radius 2 is 1.96 bits per heavy atom. The van der Waals surface area contributed by atoms with Crippen LogP contribution in [0.3, 0.4) is 0 Å². The molecule has 0 saturated carbocycles. The van der Waals surface area contributed by atoms with Crippen molar-refractivity contribution in [1.82, 2.24) is 10.6 Å². The van der Waals surface area contributed by atoms with Gasteiger partial charge in [0.2, 0.25) is 5.91 Å². The molecule has 5 nitrogen and oxygen atoms in total. The van der Waals surface area contributed by atoms with Crippen LogP contribution in [0.4, 0.5) is 0 Å². The number of rotatable bonds is 9. The number of hydrogen-bond acceptors (Lipinski definition) is 4. The number of amides is 1. The normalized spacial score (nSPS) is 10.2. The molecule has 0 fully saturated rings. The van der Waals surface area contributed by atoms with E-state index in [0.29, 0.717) is 42.5 Å². The Morgan fingerprint density at radius 3 is 2.68 bits per heavy atom. The molecule has 2 aromatic rings. The average Bonchev–Trinajstić information content (AvgIpc) is 2.70. The Morgan fingerprint density at radius 1 is 1.18 bits per heavy atom. The molecule has 0 spiro atoms. The molecule has 0 saturated heterocycles. The van der Waals surface area contributed by atoms with Crippen LogP contribution in [0, 0.1) is 0 Å². The van der Waals surface area contributed by atoms with E-state index in [0.717, 1.165) is 17.5 Å². The fraction of sp³-hybridized carbons (Fsp3) is 0.333. The lowest BCUT2D eigenvalue weighted by Crippen LogP contribution is -2.38. The van der Waals surface area contributed by atoms with Gasteiger partial charge in [0, 0.05) is 18.0 Å². The maximum absolute atomic E-state index is 12.1. The zero-order chi connectivity index (χ0) is 20.4. The van der Waals surface area contributed by atoms with Gasteiger partial charge in [0.15, 0.2) is 16.6 Å². The molecule has 0 unspecified atom stereocenters. The molecule has 0 aliphatic rings. The van der Waals surface area contributed by atoms with Crippen molar-refractivity contribution in [2.45, 2.75) is 32.7 Å². The fourth-order valence-corrected chi connectivity index (χ4v) is 2.93. The van der Waals surface area contributed by atoms with E-state index in [1.54, 1.807) is 7.11 Å². The molecule has 28 heavy (non-hydrogen) atoms. The molecule has 0 aromatic heterocycles. The highest BCUT2D eigenvalue weighted by molar-refractivity contribution is 7.80. The first kappa shape index (κ1) is 22.0. The average molecular weight is 421 g/mol. The highest BCUT2D eigenvalue weighted by Gasteiger charge is 2.09. The fourth-order valence-electron chi connectivity index (χ4n) is 2.52. The minimum Gasteiger partial charge on any atom is -0.493 e. The first-order chi connectivity index (χ1) is 13.5. The Kier molecular flexibility index (Phi) is 9.04. The van der Waals surface area contributed by atoms with Gasteiger partial charge in [0.25, 0.3) is 0 Å². The topological polar surface area (TPSA) is 59.6 Å². The zero-order valence-corrected chi connectivity index (χ0v) is 17.7. The van der Waals surface area contributed by atoms with E-state index in [2.05, 4.69) is 17.6 Å². The number of methoxy groups -OCH3 is 1. The van der Waals surface area contributed by atoms with E-state index < -0.39 is 0 Å². The van der Waals surface area contributed by atoms with Crippen molar-refractivity contribution in [3.8, 4) is 11.5 Å².